The molecule has 1 aromatic heterocycles. The van der Waals surface area contributed by atoms with Crippen molar-refractivity contribution in [3.8, 4) is 11.3 Å². The van der Waals surface area contributed by atoms with Gasteiger partial charge in [-0.3, -0.25) is 0 Å². The Morgan fingerprint density at radius 2 is 1.85 bits per heavy atom. The summed E-state index contributed by atoms with van der Waals surface area (Å²) in [5, 5.41) is 0. The van der Waals surface area contributed by atoms with E-state index < -0.39 is 0 Å². The second-order valence-electron chi connectivity index (χ2n) is 5.78. The topological polar surface area (TPSA) is 43.8 Å². The predicted molar refractivity (Wildman–Crippen MR) is 82.4 cm³/mol. The summed E-state index contributed by atoms with van der Waals surface area (Å²) in [6, 6.07) is 9.03. The first-order chi connectivity index (χ1) is 9.79. The second kappa shape index (κ2) is 5.80. The molecule has 0 bridgehead atoms. The van der Waals surface area contributed by atoms with Crippen LogP contribution in [0.2, 0.25) is 0 Å². The maximum Gasteiger partial charge on any atom is 0.122 e. The van der Waals surface area contributed by atoms with Crippen LogP contribution in [0.15, 0.2) is 30.5 Å². The average Bonchev–Trinajstić information content (AvgIpc) is 2.89. The van der Waals surface area contributed by atoms with Crippen molar-refractivity contribution in [2.24, 2.45) is 12.8 Å². The SMILES string of the molecule is Cn1c(-c2ccc(C3CCCCC3)cc2)cnc1CN. The van der Waals surface area contributed by atoms with Gasteiger partial charge in [-0.25, -0.2) is 4.98 Å². The van der Waals surface area contributed by atoms with Crippen molar-refractivity contribution in [3.05, 3.63) is 41.9 Å². The Morgan fingerprint density at radius 3 is 2.45 bits per heavy atom. The molecule has 3 heteroatoms. The highest BCUT2D eigenvalue weighted by Crippen LogP contribution is 2.33. The summed E-state index contributed by atoms with van der Waals surface area (Å²) in [5.74, 6) is 1.69. The fourth-order valence-electron chi connectivity index (χ4n) is 3.27. The van der Waals surface area contributed by atoms with E-state index in [0.717, 1.165) is 17.4 Å². The van der Waals surface area contributed by atoms with Crippen molar-refractivity contribution in [2.75, 3.05) is 0 Å². The van der Waals surface area contributed by atoms with Crippen LogP contribution in [0.3, 0.4) is 0 Å². The number of hydrogen-bond donors (Lipinski definition) is 1. The van der Waals surface area contributed by atoms with E-state index in [1.54, 1.807) is 0 Å². The van der Waals surface area contributed by atoms with Crippen molar-refractivity contribution in [1.82, 2.24) is 9.55 Å². The zero-order valence-corrected chi connectivity index (χ0v) is 12.2. The maximum atomic E-state index is 5.68. The molecule has 1 heterocycles. The lowest BCUT2D eigenvalue weighted by Gasteiger charge is -2.22. The van der Waals surface area contributed by atoms with Gasteiger partial charge in [-0.2, -0.15) is 0 Å². The molecular weight excluding hydrogens is 246 g/mol. The number of imidazole rings is 1. The van der Waals surface area contributed by atoms with Gasteiger partial charge in [-0.05, 0) is 29.9 Å². The number of benzene rings is 1. The van der Waals surface area contributed by atoms with Crippen LogP contribution < -0.4 is 5.73 Å². The second-order valence-corrected chi connectivity index (χ2v) is 5.78. The minimum Gasteiger partial charge on any atom is -0.330 e. The molecular formula is C17H23N3. The highest BCUT2D eigenvalue weighted by atomic mass is 15.1. The minimum absolute atomic E-state index is 0.483. The molecule has 0 saturated heterocycles. The van der Waals surface area contributed by atoms with E-state index in [2.05, 4.69) is 33.8 Å². The number of rotatable bonds is 3. The molecule has 2 aromatic rings. The van der Waals surface area contributed by atoms with Crippen LogP contribution in [-0.4, -0.2) is 9.55 Å². The molecule has 20 heavy (non-hydrogen) atoms. The Morgan fingerprint density at radius 1 is 1.15 bits per heavy atom. The third-order valence-corrected chi connectivity index (χ3v) is 4.55. The molecule has 106 valence electrons. The number of nitrogens with two attached hydrogens (primary N) is 1. The maximum absolute atomic E-state index is 5.68. The molecule has 1 saturated carbocycles. The smallest absolute Gasteiger partial charge is 0.122 e. The predicted octanol–water partition coefficient (Wildman–Crippen LogP) is 3.59. The molecule has 0 radical (unpaired) electrons. The average molecular weight is 269 g/mol. The van der Waals surface area contributed by atoms with Gasteiger partial charge >= 0.3 is 0 Å². The molecule has 1 aliphatic rings. The van der Waals surface area contributed by atoms with E-state index in [4.69, 9.17) is 5.73 Å². The summed E-state index contributed by atoms with van der Waals surface area (Å²) in [5.41, 5.74) is 9.54. The van der Waals surface area contributed by atoms with Crippen LogP contribution >= 0.6 is 0 Å². The van der Waals surface area contributed by atoms with Crippen LogP contribution in [0, 0.1) is 0 Å². The fourth-order valence-corrected chi connectivity index (χ4v) is 3.27. The van der Waals surface area contributed by atoms with Gasteiger partial charge in [0.25, 0.3) is 0 Å². The lowest BCUT2D eigenvalue weighted by Crippen LogP contribution is -2.06. The molecule has 0 aliphatic heterocycles. The molecule has 0 atom stereocenters. The van der Waals surface area contributed by atoms with E-state index in [1.807, 2.05) is 13.2 Å². The Hall–Kier alpha value is -1.61. The van der Waals surface area contributed by atoms with Gasteiger partial charge < -0.3 is 10.3 Å². The van der Waals surface area contributed by atoms with Crippen LogP contribution in [0.4, 0.5) is 0 Å². The van der Waals surface area contributed by atoms with Crippen LogP contribution in [0.25, 0.3) is 11.3 Å². The van der Waals surface area contributed by atoms with Crippen LogP contribution in [0.5, 0.6) is 0 Å². The summed E-state index contributed by atoms with van der Waals surface area (Å²) >= 11 is 0. The molecule has 2 N–H and O–H groups in total. The molecule has 0 spiro atoms. The third-order valence-electron chi connectivity index (χ3n) is 4.55. The normalized spacial score (nSPS) is 16.5. The van der Waals surface area contributed by atoms with E-state index in [-0.39, 0.29) is 0 Å². The van der Waals surface area contributed by atoms with Gasteiger partial charge in [0.05, 0.1) is 18.4 Å². The third kappa shape index (κ3) is 2.50. The Kier molecular flexibility index (Phi) is 3.88. The summed E-state index contributed by atoms with van der Waals surface area (Å²) in [6.45, 7) is 0.483. The number of hydrogen-bond acceptors (Lipinski definition) is 2. The summed E-state index contributed by atoms with van der Waals surface area (Å²) in [7, 11) is 2.03. The Labute approximate surface area is 120 Å². The van der Waals surface area contributed by atoms with Crippen molar-refractivity contribution < 1.29 is 0 Å². The van der Waals surface area contributed by atoms with Gasteiger partial charge in [0.1, 0.15) is 5.82 Å². The summed E-state index contributed by atoms with van der Waals surface area (Å²) in [6.07, 6.45) is 8.79. The van der Waals surface area contributed by atoms with E-state index in [0.29, 0.717) is 6.54 Å². The van der Waals surface area contributed by atoms with Gasteiger partial charge in [0.2, 0.25) is 0 Å². The Bertz CT molecular complexity index is 562. The first-order valence-electron chi connectivity index (χ1n) is 7.60. The number of nitrogens with zero attached hydrogens (tertiary/aromatic N) is 2. The van der Waals surface area contributed by atoms with Crippen molar-refractivity contribution >= 4 is 0 Å². The highest BCUT2D eigenvalue weighted by molar-refractivity contribution is 5.59. The van der Waals surface area contributed by atoms with Crippen LogP contribution in [0.1, 0.15) is 49.4 Å². The summed E-state index contributed by atoms with van der Waals surface area (Å²) in [4.78, 5) is 4.36. The lowest BCUT2D eigenvalue weighted by atomic mass is 9.84. The molecule has 1 fully saturated rings. The molecule has 3 rings (SSSR count). The van der Waals surface area contributed by atoms with E-state index in [9.17, 15) is 0 Å². The largest absolute Gasteiger partial charge is 0.330 e. The van der Waals surface area contributed by atoms with Crippen LogP contribution in [-0.2, 0) is 13.6 Å². The molecule has 1 aliphatic carbocycles. The highest BCUT2D eigenvalue weighted by Gasteiger charge is 2.15. The Balaban J connectivity index is 1.83. The standard InChI is InChI=1S/C17H23N3/c1-20-16(12-19-17(20)11-18)15-9-7-14(8-10-15)13-5-3-2-4-6-13/h7-10,12-13H,2-6,11,18H2,1H3. The van der Waals surface area contributed by atoms with Crippen molar-refractivity contribution in [3.63, 3.8) is 0 Å². The fraction of sp³-hybridized carbons (Fsp3) is 0.471. The first-order valence-corrected chi connectivity index (χ1v) is 7.60. The van der Waals surface area contributed by atoms with E-state index in [1.165, 1.54) is 43.2 Å². The quantitative estimate of drug-likeness (QED) is 0.925. The number of aromatic nitrogens is 2. The monoisotopic (exact) mass is 269 g/mol. The van der Waals surface area contributed by atoms with Crippen molar-refractivity contribution in [1.29, 1.82) is 0 Å². The lowest BCUT2D eigenvalue weighted by molar-refractivity contribution is 0.443. The molecule has 3 nitrogen and oxygen atoms in total. The first kappa shape index (κ1) is 13.4. The zero-order chi connectivity index (χ0) is 13.9. The van der Waals surface area contributed by atoms with Gasteiger partial charge in [-0.15, -0.1) is 0 Å². The zero-order valence-electron chi connectivity index (χ0n) is 12.2. The molecule has 1 aromatic carbocycles. The molecule has 0 unspecified atom stereocenters. The van der Waals surface area contributed by atoms with E-state index >= 15 is 0 Å². The molecule has 0 amide bonds. The van der Waals surface area contributed by atoms with Crippen molar-refractivity contribution in [2.45, 2.75) is 44.6 Å². The van der Waals surface area contributed by atoms with Gasteiger partial charge in [0, 0.05) is 7.05 Å². The van der Waals surface area contributed by atoms with Gasteiger partial charge in [-0.1, -0.05) is 43.5 Å². The minimum atomic E-state index is 0.483. The van der Waals surface area contributed by atoms with Gasteiger partial charge in [0.15, 0.2) is 0 Å². The summed E-state index contributed by atoms with van der Waals surface area (Å²) < 4.78 is 2.08.